The Hall–Kier alpha value is -2.49. The van der Waals surface area contributed by atoms with Crippen molar-refractivity contribution in [3.8, 4) is 0 Å². The van der Waals surface area contributed by atoms with Gasteiger partial charge in [0.1, 0.15) is 31.0 Å². The Balaban J connectivity index is 1.27. The van der Waals surface area contributed by atoms with Crippen LogP contribution in [0.25, 0.3) is 0 Å². The van der Waals surface area contributed by atoms with Crippen LogP contribution in [0.5, 0.6) is 0 Å². The van der Waals surface area contributed by atoms with Gasteiger partial charge < -0.3 is 33.7 Å². The Bertz CT molecular complexity index is 986. The lowest BCUT2D eigenvalue weighted by atomic mass is 9.98. The van der Waals surface area contributed by atoms with Gasteiger partial charge in [0.15, 0.2) is 12.1 Å². The highest BCUT2D eigenvalue weighted by Gasteiger charge is 2.58. The fourth-order valence-electron chi connectivity index (χ4n) is 5.13. The first-order chi connectivity index (χ1) is 16.9. The van der Waals surface area contributed by atoms with Crippen molar-refractivity contribution < 1.29 is 33.6 Å². The Morgan fingerprint density at radius 3 is 2.40 bits per heavy atom. The van der Waals surface area contributed by atoms with Crippen molar-refractivity contribution in [1.29, 1.82) is 0 Å². The lowest BCUT2D eigenvalue weighted by Crippen LogP contribution is -2.52. The summed E-state index contributed by atoms with van der Waals surface area (Å²) in [6.07, 6.45) is -2.39. The van der Waals surface area contributed by atoms with Crippen molar-refractivity contribution in [1.82, 2.24) is 4.90 Å². The van der Waals surface area contributed by atoms with E-state index in [-0.39, 0.29) is 6.61 Å². The molecule has 8 nitrogen and oxygen atoms in total. The van der Waals surface area contributed by atoms with Crippen LogP contribution in [0.2, 0.25) is 0 Å². The van der Waals surface area contributed by atoms with Crippen molar-refractivity contribution >= 4 is 6.09 Å². The molecule has 0 bridgehead atoms. The predicted octanol–water partition coefficient (Wildman–Crippen LogP) is 3.61. The highest BCUT2D eigenvalue weighted by Crippen LogP contribution is 2.41. The molecule has 0 aliphatic carbocycles. The van der Waals surface area contributed by atoms with E-state index in [4.69, 9.17) is 23.7 Å². The van der Waals surface area contributed by atoms with Crippen molar-refractivity contribution in [2.45, 2.75) is 82.4 Å². The smallest absolute Gasteiger partial charge is 0.410 e. The monoisotopic (exact) mass is 483 g/mol. The van der Waals surface area contributed by atoms with Gasteiger partial charge in [0.2, 0.25) is 0 Å². The zero-order valence-corrected chi connectivity index (χ0v) is 20.1. The molecule has 0 unspecified atom stereocenters. The molecule has 1 N–H and O–H groups in total. The minimum atomic E-state index is -0.983. The number of likely N-dealkylation sites (tertiary alicyclic amines) is 1. The van der Waals surface area contributed by atoms with Crippen LogP contribution < -0.4 is 0 Å². The highest BCUT2D eigenvalue weighted by molar-refractivity contribution is 5.68. The van der Waals surface area contributed by atoms with Gasteiger partial charge in [0.05, 0.1) is 12.6 Å². The molecule has 0 aromatic heterocycles. The molecule has 3 aliphatic heterocycles. The third-order valence-electron chi connectivity index (χ3n) is 6.78. The molecule has 1 amide bonds. The maximum Gasteiger partial charge on any atom is 0.410 e. The number of amides is 1. The fraction of sp³-hybridized carbons (Fsp3) is 0.519. The van der Waals surface area contributed by atoms with Gasteiger partial charge in [-0.05, 0) is 37.8 Å². The van der Waals surface area contributed by atoms with Crippen LogP contribution >= 0.6 is 0 Å². The largest absolute Gasteiger partial charge is 0.445 e. The number of hydrogen-bond donors (Lipinski definition) is 1. The average molecular weight is 484 g/mol. The number of hydrogen-bond acceptors (Lipinski definition) is 7. The summed E-state index contributed by atoms with van der Waals surface area (Å²) in [5.41, 5.74) is 1.92. The summed E-state index contributed by atoms with van der Waals surface area (Å²) >= 11 is 0. The summed E-state index contributed by atoms with van der Waals surface area (Å²) in [7, 11) is 0. The second kappa shape index (κ2) is 10.2. The van der Waals surface area contributed by atoms with Gasteiger partial charge in [-0.15, -0.1) is 0 Å². The molecule has 6 atom stereocenters. The first kappa shape index (κ1) is 24.2. The standard InChI is InChI=1S/C27H33NO7/c1-27(2)34-24-23(31-16-18-10-5-3-6-11-18)22(33-25(24)35-27)21(29)20-14-9-15-28(20)26(30)32-17-19-12-7-4-8-13-19/h3-8,10-13,20-25,29H,9,14-17H2,1-2H3/t20-,21-,22-,23+,24-,25-/m1/s1. The van der Waals surface area contributed by atoms with Crippen LogP contribution in [0.4, 0.5) is 4.79 Å². The molecule has 35 heavy (non-hydrogen) atoms. The maximum atomic E-state index is 12.9. The minimum absolute atomic E-state index is 0.183. The van der Waals surface area contributed by atoms with E-state index >= 15 is 0 Å². The molecule has 0 radical (unpaired) electrons. The second-order valence-corrected chi connectivity index (χ2v) is 9.76. The SMILES string of the molecule is CC1(C)O[C@H]2O[C@H]([C@H](O)[C@H]3CCCN3C(=O)OCc3ccccc3)[C@H](OCc3ccccc3)[C@H]2O1. The summed E-state index contributed by atoms with van der Waals surface area (Å²) in [5, 5.41) is 11.4. The first-order valence-corrected chi connectivity index (χ1v) is 12.2. The molecule has 2 aromatic rings. The normalized spacial score (nSPS) is 30.3. The van der Waals surface area contributed by atoms with Crippen molar-refractivity contribution in [3.63, 3.8) is 0 Å². The Kier molecular flexibility index (Phi) is 7.09. The molecule has 5 rings (SSSR count). The summed E-state index contributed by atoms with van der Waals surface area (Å²) in [6.45, 7) is 4.71. The number of ether oxygens (including phenoxy) is 5. The van der Waals surface area contributed by atoms with Crippen LogP contribution in [-0.2, 0) is 36.9 Å². The fourth-order valence-corrected chi connectivity index (χ4v) is 5.13. The molecule has 3 fully saturated rings. The average Bonchev–Trinajstić information content (AvgIpc) is 3.55. The number of benzene rings is 2. The van der Waals surface area contributed by atoms with E-state index in [1.54, 1.807) is 4.90 Å². The first-order valence-electron chi connectivity index (χ1n) is 12.2. The number of carbonyl (C=O) groups is 1. The summed E-state index contributed by atoms with van der Waals surface area (Å²) in [6, 6.07) is 18.9. The summed E-state index contributed by atoms with van der Waals surface area (Å²) in [4.78, 5) is 14.5. The second-order valence-electron chi connectivity index (χ2n) is 9.76. The zero-order valence-electron chi connectivity index (χ0n) is 20.1. The van der Waals surface area contributed by atoms with Gasteiger partial charge in [-0.1, -0.05) is 60.7 Å². The van der Waals surface area contributed by atoms with E-state index in [0.717, 1.165) is 17.5 Å². The molecule has 3 aliphatic rings. The van der Waals surface area contributed by atoms with Crippen LogP contribution in [-0.4, -0.2) is 65.2 Å². The number of aliphatic hydroxyl groups excluding tert-OH is 1. The Morgan fingerprint density at radius 2 is 1.71 bits per heavy atom. The topological polar surface area (TPSA) is 86.7 Å². The Morgan fingerprint density at radius 1 is 1.06 bits per heavy atom. The third-order valence-corrected chi connectivity index (χ3v) is 6.78. The lowest BCUT2D eigenvalue weighted by molar-refractivity contribution is -0.233. The quantitative estimate of drug-likeness (QED) is 0.644. The van der Waals surface area contributed by atoms with E-state index in [2.05, 4.69) is 0 Å². The van der Waals surface area contributed by atoms with Crippen molar-refractivity contribution in [2.24, 2.45) is 0 Å². The summed E-state index contributed by atoms with van der Waals surface area (Å²) in [5.74, 6) is -0.805. The molecule has 3 heterocycles. The number of rotatable bonds is 7. The van der Waals surface area contributed by atoms with Gasteiger partial charge in [0.25, 0.3) is 0 Å². The van der Waals surface area contributed by atoms with Crippen LogP contribution in [0.15, 0.2) is 60.7 Å². The maximum absolute atomic E-state index is 12.9. The molecule has 0 saturated carbocycles. The molecular formula is C27H33NO7. The van der Waals surface area contributed by atoms with Crippen LogP contribution in [0.1, 0.15) is 37.8 Å². The molecule has 8 heteroatoms. The van der Waals surface area contributed by atoms with Crippen LogP contribution in [0.3, 0.4) is 0 Å². The van der Waals surface area contributed by atoms with E-state index < -0.39 is 48.6 Å². The minimum Gasteiger partial charge on any atom is -0.445 e. The molecule has 2 aromatic carbocycles. The van der Waals surface area contributed by atoms with Gasteiger partial charge in [-0.2, -0.15) is 0 Å². The lowest BCUT2D eigenvalue weighted by Gasteiger charge is -2.34. The number of nitrogens with zero attached hydrogens (tertiary/aromatic N) is 1. The number of carbonyl (C=O) groups excluding carboxylic acids is 1. The van der Waals surface area contributed by atoms with Gasteiger partial charge in [-0.3, -0.25) is 0 Å². The molecular weight excluding hydrogens is 450 g/mol. The molecule has 3 saturated heterocycles. The van der Waals surface area contributed by atoms with E-state index in [0.29, 0.717) is 19.6 Å². The molecule has 0 spiro atoms. The van der Waals surface area contributed by atoms with Gasteiger partial charge in [-0.25, -0.2) is 4.79 Å². The van der Waals surface area contributed by atoms with Gasteiger partial charge >= 0.3 is 6.09 Å². The number of aliphatic hydroxyl groups is 1. The van der Waals surface area contributed by atoms with Crippen molar-refractivity contribution in [3.05, 3.63) is 71.8 Å². The third kappa shape index (κ3) is 5.37. The van der Waals surface area contributed by atoms with E-state index in [9.17, 15) is 9.90 Å². The van der Waals surface area contributed by atoms with Gasteiger partial charge in [0, 0.05) is 6.54 Å². The molecule has 188 valence electrons. The van der Waals surface area contributed by atoms with E-state index in [1.807, 2.05) is 74.5 Å². The van der Waals surface area contributed by atoms with E-state index in [1.165, 1.54) is 0 Å². The Labute approximate surface area is 205 Å². The summed E-state index contributed by atoms with van der Waals surface area (Å²) < 4.78 is 30.0. The predicted molar refractivity (Wildman–Crippen MR) is 126 cm³/mol. The van der Waals surface area contributed by atoms with Crippen molar-refractivity contribution in [2.75, 3.05) is 6.54 Å². The highest BCUT2D eigenvalue weighted by atomic mass is 16.8. The zero-order chi connectivity index (χ0) is 24.4. The number of fused-ring (bicyclic) bond motifs is 1. The van der Waals surface area contributed by atoms with Crippen LogP contribution in [0, 0.1) is 0 Å².